The van der Waals surface area contributed by atoms with Gasteiger partial charge in [0.2, 0.25) is 0 Å². The fourth-order valence-electron chi connectivity index (χ4n) is 4.66. The number of anilines is 1. The molecule has 2 saturated heterocycles. The van der Waals surface area contributed by atoms with Gasteiger partial charge in [0.1, 0.15) is 22.9 Å². The minimum atomic E-state index is 0.538. The molecule has 2 aromatic carbocycles. The number of hydrogen-bond acceptors (Lipinski definition) is 6. The van der Waals surface area contributed by atoms with Crippen molar-refractivity contribution in [1.82, 2.24) is 15.6 Å². The van der Waals surface area contributed by atoms with Gasteiger partial charge >= 0.3 is 0 Å². The normalized spacial score (nSPS) is 16.9. The third-order valence-electron chi connectivity index (χ3n) is 6.57. The van der Waals surface area contributed by atoms with E-state index in [2.05, 4.69) is 67.9 Å². The molecule has 0 bridgehead atoms. The number of hydrogen-bond donors (Lipinski definition) is 2. The maximum Gasteiger partial charge on any atom is 0.148 e. The molecule has 6 rings (SSSR count). The number of piperazine rings is 1. The molecule has 0 radical (unpaired) electrons. The number of halogens is 1. The molecule has 0 spiro atoms. The number of benzene rings is 2. The van der Waals surface area contributed by atoms with Gasteiger partial charge in [0, 0.05) is 42.9 Å². The molecule has 178 valence electrons. The highest BCUT2D eigenvalue weighted by Gasteiger charge is 2.20. The fourth-order valence-corrected chi connectivity index (χ4v) is 5.19. The smallest absolute Gasteiger partial charge is 0.148 e. The maximum absolute atomic E-state index is 6.01. The second-order valence-corrected chi connectivity index (χ2v) is 9.65. The van der Waals surface area contributed by atoms with Gasteiger partial charge in [0.15, 0.2) is 0 Å². The summed E-state index contributed by atoms with van der Waals surface area (Å²) in [5, 5.41) is 9.05. The van der Waals surface area contributed by atoms with Crippen LogP contribution in [0.3, 0.4) is 0 Å². The van der Waals surface area contributed by atoms with E-state index in [4.69, 9.17) is 14.1 Å². The van der Waals surface area contributed by atoms with Crippen LogP contribution in [-0.2, 0) is 0 Å². The number of piperidine rings is 1. The van der Waals surface area contributed by atoms with Crippen molar-refractivity contribution in [1.29, 1.82) is 0 Å². The first kappa shape index (κ1) is 23.1. The Hall–Kier alpha value is -2.61. The lowest BCUT2D eigenvalue weighted by molar-refractivity contribution is 0.397. The molecule has 2 fully saturated rings. The number of nitrogens with one attached hydrogen (secondary N) is 2. The van der Waals surface area contributed by atoms with E-state index in [0.717, 1.165) is 90.4 Å². The van der Waals surface area contributed by atoms with Gasteiger partial charge in [-0.25, -0.2) is 4.98 Å². The summed E-state index contributed by atoms with van der Waals surface area (Å²) >= 11 is 3.54. The predicted molar refractivity (Wildman–Crippen MR) is 142 cm³/mol. The third kappa shape index (κ3) is 5.22. The molecule has 0 unspecified atom stereocenters. The molecule has 2 aliphatic rings. The number of ether oxygens (including phenoxy) is 1. The highest BCUT2D eigenvalue weighted by atomic mass is 79.9. The predicted octanol–water partition coefficient (Wildman–Crippen LogP) is 5.32. The Bertz CT molecular complexity index is 1250. The van der Waals surface area contributed by atoms with Crippen molar-refractivity contribution in [2.24, 2.45) is 0 Å². The largest absolute Gasteiger partial charge is 0.497 e. The zero-order valence-corrected chi connectivity index (χ0v) is 21.1. The van der Waals surface area contributed by atoms with E-state index in [-0.39, 0.29) is 0 Å². The summed E-state index contributed by atoms with van der Waals surface area (Å²) in [6.45, 7) is 6.35. The van der Waals surface area contributed by atoms with Crippen LogP contribution in [0.4, 0.5) is 5.82 Å². The maximum atomic E-state index is 6.01. The van der Waals surface area contributed by atoms with Gasteiger partial charge in [-0.05, 0) is 78.3 Å². The molecule has 0 saturated carbocycles. The third-order valence-corrected chi connectivity index (χ3v) is 7.15. The minimum absolute atomic E-state index is 0.538. The van der Waals surface area contributed by atoms with Crippen molar-refractivity contribution in [2.45, 2.75) is 18.8 Å². The molecular weight excluding hydrogens is 492 g/mol. The topological polar surface area (TPSA) is 62.6 Å². The average Bonchev–Trinajstić information content (AvgIpc) is 3.35. The molecule has 0 atom stereocenters. The van der Waals surface area contributed by atoms with E-state index in [9.17, 15) is 0 Å². The van der Waals surface area contributed by atoms with Crippen LogP contribution >= 0.6 is 15.9 Å². The van der Waals surface area contributed by atoms with Gasteiger partial charge in [0.05, 0.1) is 17.1 Å². The summed E-state index contributed by atoms with van der Waals surface area (Å²) in [5.74, 6) is 3.59. The molecule has 2 aromatic heterocycles. The number of nitrogens with zero attached hydrogens (tertiary/aromatic N) is 2. The first-order valence-electron chi connectivity index (χ1n) is 12.0. The second-order valence-electron chi connectivity index (χ2n) is 8.80. The summed E-state index contributed by atoms with van der Waals surface area (Å²) in [7, 11) is 1.68. The van der Waals surface area contributed by atoms with E-state index < -0.39 is 0 Å². The lowest BCUT2D eigenvalue weighted by Crippen LogP contribution is -2.43. The zero-order chi connectivity index (χ0) is 23.3. The Kier molecular flexibility index (Phi) is 7.33. The molecule has 34 heavy (non-hydrogen) atoms. The fraction of sp³-hybridized carbons (Fsp3) is 0.370. The van der Waals surface area contributed by atoms with E-state index in [1.165, 1.54) is 5.39 Å². The molecule has 2 aliphatic heterocycles. The first-order chi connectivity index (χ1) is 16.7. The summed E-state index contributed by atoms with van der Waals surface area (Å²) in [5.41, 5.74) is 2.00. The van der Waals surface area contributed by atoms with Crippen molar-refractivity contribution in [2.75, 3.05) is 51.3 Å². The van der Waals surface area contributed by atoms with Crippen molar-refractivity contribution in [3.63, 3.8) is 0 Å². The number of para-hydroxylation sites is 1. The Morgan fingerprint density at radius 1 is 0.941 bits per heavy atom. The van der Waals surface area contributed by atoms with Crippen molar-refractivity contribution >= 4 is 43.6 Å². The van der Waals surface area contributed by atoms with Crippen LogP contribution in [0.25, 0.3) is 21.9 Å². The van der Waals surface area contributed by atoms with Gasteiger partial charge < -0.3 is 24.7 Å². The lowest BCUT2D eigenvalue weighted by atomic mass is 9.95. The van der Waals surface area contributed by atoms with Crippen LogP contribution in [0.15, 0.2) is 63.5 Å². The Balaban J connectivity index is 0.000000142. The van der Waals surface area contributed by atoms with Gasteiger partial charge in [0.25, 0.3) is 0 Å². The first-order valence-corrected chi connectivity index (χ1v) is 12.8. The van der Waals surface area contributed by atoms with Crippen LogP contribution in [-0.4, -0.2) is 51.4 Å². The standard InChI is InChI=1S/C14H16BrNO2.C13H15N3/c1-17-11-6-10-7-13(9-2-4-16-5-3-9)18-14(10)12(15)8-11;1-2-4-12-11(3-1)5-6-13(15-12)16-9-7-14-8-10-16/h6-9,16H,2-5H2,1H3;1-6,14H,7-10H2. The molecule has 7 heteroatoms. The highest BCUT2D eigenvalue weighted by Crippen LogP contribution is 2.36. The number of furan rings is 1. The molecule has 6 nitrogen and oxygen atoms in total. The Labute approximate surface area is 208 Å². The number of rotatable bonds is 3. The summed E-state index contributed by atoms with van der Waals surface area (Å²) in [6, 6.07) is 18.6. The average molecular weight is 523 g/mol. The summed E-state index contributed by atoms with van der Waals surface area (Å²) in [4.78, 5) is 7.03. The molecule has 4 heterocycles. The SMILES string of the molecule is COc1cc(Br)c2oc(C3CCNCC3)cc2c1.c1ccc2nc(N3CCNCC3)ccc2c1. The minimum Gasteiger partial charge on any atom is -0.497 e. The molecular formula is C27H31BrN4O2. The molecule has 2 N–H and O–H groups in total. The highest BCUT2D eigenvalue weighted by molar-refractivity contribution is 9.10. The monoisotopic (exact) mass is 522 g/mol. The van der Waals surface area contributed by atoms with Crippen molar-refractivity contribution in [3.8, 4) is 5.75 Å². The number of fused-ring (bicyclic) bond motifs is 2. The van der Waals surface area contributed by atoms with Gasteiger partial charge in [-0.15, -0.1) is 0 Å². The van der Waals surface area contributed by atoms with Crippen LogP contribution in [0, 0.1) is 0 Å². The van der Waals surface area contributed by atoms with E-state index in [1.54, 1.807) is 7.11 Å². The quantitative estimate of drug-likeness (QED) is 0.379. The number of aromatic nitrogens is 1. The number of methoxy groups -OCH3 is 1. The van der Waals surface area contributed by atoms with Crippen LogP contribution in [0.2, 0.25) is 0 Å². The molecule has 0 aliphatic carbocycles. The van der Waals surface area contributed by atoms with Gasteiger partial charge in [-0.1, -0.05) is 18.2 Å². The van der Waals surface area contributed by atoms with Crippen LogP contribution < -0.4 is 20.3 Å². The van der Waals surface area contributed by atoms with E-state index >= 15 is 0 Å². The van der Waals surface area contributed by atoms with E-state index in [1.807, 2.05) is 18.2 Å². The lowest BCUT2D eigenvalue weighted by Gasteiger charge is -2.28. The van der Waals surface area contributed by atoms with Crippen molar-refractivity contribution in [3.05, 3.63) is 64.8 Å². The Morgan fingerprint density at radius 3 is 2.50 bits per heavy atom. The Morgan fingerprint density at radius 2 is 1.71 bits per heavy atom. The molecule has 4 aromatic rings. The second kappa shape index (κ2) is 10.8. The van der Waals surface area contributed by atoms with E-state index in [0.29, 0.717) is 5.92 Å². The van der Waals surface area contributed by atoms with Crippen LogP contribution in [0.5, 0.6) is 5.75 Å². The zero-order valence-electron chi connectivity index (χ0n) is 19.5. The van der Waals surface area contributed by atoms with Gasteiger partial charge in [-0.2, -0.15) is 0 Å². The summed E-state index contributed by atoms with van der Waals surface area (Å²) < 4.78 is 12.2. The molecule has 0 amide bonds. The van der Waals surface area contributed by atoms with Crippen molar-refractivity contribution < 1.29 is 9.15 Å². The van der Waals surface area contributed by atoms with Gasteiger partial charge in [-0.3, -0.25) is 0 Å². The summed E-state index contributed by atoms with van der Waals surface area (Å²) in [6.07, 6.45) is 2.29. The van der Waals surface area contributed by atoms with Crippen LogP contribution in [0.1, 0.15) is 24.5 Å². The number of pyridine rings is 1.